The zero-order valence-electron chi connectivity index (χ0n) is 18.4. The van der Waals surface area contributed by atoms with E-state index in [0.717, 1.165) is 11.3 Å². The number of nitrogens with one attached hydrogen (secondary N) is 1. The number of methoxy groups -OCH3 is 2. The highest BCUT2D eigenvalue weighted by Gasteiger charge is 2.20. The van der Waals surface area contributed by atoms with E-state index in [1.54, 1.807) is 20.5 Å². The lowest BCUT2D eigenvalue weighted by molar-refractivity contribution is 0.0937. The first-order chi connectivity index (χ1) is 16.2. The van der Waals surface area contributed by atoms with Crippen molar-refractivity contribution in [1.82, 2.24) is 20.1 Å². The van der Waals surface area contributed by atoms with Crippen LogP contribution in [-0.4, -0.2) is 48.0 Å². The summed E-state index contributed by atoms with van der Waals surface area (Å²) in [6.45, 7) is 0.955. The number of para-hydroxylation sites is 2. The molecule has 2 heterocycles. The Morgan fingerprint density at radius 1 is 1.06 bits per heavy atom. The van der Waals surface area contributed by atoms with Gasteiger partial charge in [-0.2, -0.15) is 0 Å². The number of furan rings is 1. The normalized spacial score (nSPS) is 10.8. The summed E-state index contributed by atoms with van der Waals surface area (Å²) in [5.74, 6) is 2.44. The average Bonchev–Trinajstić information content (AvgIpc) is 3.53. The Morgan fingerprint density at radius 3 is 2.61 bits per heavy atom. The van der Waals surface area contributed by atoms with Gasteiger partial charge in [-0.05, 0) is 42.0 Å². The van der Waals surface area contributed by atoms with Crippen LogP contribution in [0.4, 0.5) is 0 Å². The first-order valence-electron chi connectivity index (χ1n) is 10.3. The molecule has 0 fully saturated rings. The summed E-state index contributed by atoms with van der Waals surface area (Å²) in [6, 6.07) is 18.9. The summed E-state index contributed by atoms with van der Waals surface area (Å²) in [6.07, 6.45) is 1.61. The summed E-state index contributed by atoms with van der Waals surface area (Å²) < 4.78 is 18.0. The topological polar surface area (TPSA) is 91.4 Å². The molecule has 8 nitrogen and oxygen atoms in total. The molecule has 0 bridgehead atoms. The molecule has 0 radical (unpaired) electrons. The van der Waals surface area contributed by atoms with Crippen molar-refractivity contribution in [1.29, 1.82) is 0 Å². The number of carbonyl (C=O) groups excluding carboxylic acids is 1. The van der Waals surface area contributed by atoms with Crippen LogP contribution in [0.25, 0.3) is 17.3 Å². The quantitative estimate of drug-likeness (QED) is 0.278. The second-order valence-corrected chi connectivity index (χ2v) is 7.97. The zero-order chi connectivity index (χ0) is 23.0. The highest BCUT2D eigenvalue weighted by atomic mass is 32.2. The van der Waals surface area contributed by atoms with Gasteiger partial charge in [0.05, 0.1) is 25.7 Å². The van der Waals surface area contributed by atoms with Crippen molar-refractivity contribution in [2.24, 2.45) is 0 Å². The summed E-state index contributed by atoms with van der Waals surface area (Å²) in [4.78, 5) is 12.2. The number of carbonyl (C=O) groups is 1. The zero-order valence-corrected chi connectivity index (χ0v) is 19.2. The van der Waals surface area contributed by atoms with Crippen LogP contribution in [0.2, 0.25) is 0 Å². The van der Waals surface area contributed by atoms with Crippen LogP contribution in [0.5, 0.6) is 5.75 Å². The van der Waals surface area contributed by atoms with Crippen LogP contribution in [0, 0.1) is 0 Å². The Kier molecular flexibility index (Phi) is 7.43. The lowest BCUT2D eigenvalue weighted by Crippen LogP contribution is -2.26. The van der Waals surface area contributed by atoms with Crippen molar-refractivity contribution in [2.45, 2.75) is 10.9 Å². The van der Waals surface area contributed by atoms with Crippen molar-refractivity contribution >= 4 is 17.7 Å². The minimum Gasteiger partial charge on any atom is -0.495 e. The maximum Gasteiger partial charge on any atom is 0.251 e. The molecule has 2 aromatic carbocycles. The SMILES string of the molecule is COCCNC(=O)c1ccc(CSc2nnc(-c3ccco3)n2-c2ccccc2OC)cc1. The molecule has 0 aliphatic rings. The standard InChI is InChI=1S/C24H24N4O4S/c1-30-15-13-25-23(29)18-11-9-17(10-12-18)16-33-24-27-26-22(21-8-5-14-32-21)28(24)19-6-3-4-7-20(19)31-2/h3-12,14H,13,15-16H2,1-2H3,(H,25,29). The molecule has 0 atom stereocenters. The van der Waals surface area contributed by atoms with Crippen LogP contribution in [0.3, 0.4) is 0 Å². The molecular weight excluding hydrogens is 440 g/mol. The second kappa shape index (κ2) is 10.8. The Bertz CT molecular complexity index is 1190. The van der Waals surface area contributed by atoms with Gasteiger partial charge in [-0.3, -0.25) is 9.36 Å². The molecule has 0 unspecified atom stereocenters. The van der Waals surface area contributed by atoms with Crippen LogP contribution < -0.4 is 10.1 Å². The van der Waals surface area contributed by atoms with Gasteiger partial charge >= 0.3 is 0 Å². The van der Waals surface area contributed by atoms with Crippen LogP contribution in [-0.2, 0) is 10.5 Å². The van der Waals surface area contributed by atoms with Gasteiger partial charge in [0.1, 0.15) is 5.75 Å². The third-order valence-corrected chi connectivity index (χ3v) is 5.88. The van der Waals surface area contributed by atoms with E-state index in [-0.39, 0.29) is 5.91 Å². The largest absolute Gasteiger partial charge is 0.495 e. The van der Waals surface area contributed by atoms with Gasteiger partial charge in [-0.25, -0.2) is 0 Å². The molecule has 0 saturated carbocycles. The molecule has 9 heteroatoms. The predicted molar refractivity (Wildman–Crippen MR) is 126 cm³/mol. The molecule has 33 heavy (non-hydrogen) atoms. The maximum atomic E-state index is 12.2. The molecular formula is C24H24N4O4S. The van der Waals surface area contributed by atoms with Crippen LogP contribution >= 0.6 is 11.8 Å². The molecule has 4 rings (SSSR count). The fourth-order valence-corrected chi connectivity index (χ4v) is 4.13. The third kappa shape index (κ3) is 5.27. The van der Waals surface area contributed by atoms with E-state index < -0.39 is 0 Å². The van der Waals surface area contributed by atoms with E-state index in [0.29, 0.717) is 47.0 Å². The van der Waals surface area contributed by atoms with E-state index in [1.807, 2.05) is 65.2 Å². The van der Waals surface area contributed by atoms with Crippen molar-refractivity contribution in [3.05, 3.63) is 78.1 Å². The summed E-state index contributed by atoms with van der Waals surface area (Å²) in [5, 5.41) is 12.3. The van der Waals surface area contributed by atoms with Gasteiger partial charge < -0.3 is 19.2 Å². The highest BCUT2D eigenvalue weighted by molar-refractivity contribution is 7.98. The molecule has 0 saturated heterocycles. The highest BCUT2D eigenvalue weighted by Crippen LogP contribution is 2.33. The second-order valence-electron chi connectivity index (χ2n) is 7.03. The number of benzene rings is 2. The average molecular weight is 465 g/mol. The summed E-state index contributed by atoms with van der Waals surface area (Å²) >= 11 is 1.54. The van der Waals surface area contributed by atoms with Gasteiger partial charge in [-0.15, -0.1) is 10.2 Å². The van der Waals surface area contributed by atoms with Crippen LogP contribution in [0.1, 0.15) is 15.9 Å². The molecule has 4 aromatic rings. The van der Waals surface area contributed by atoms with E-state index in [2.05, 4.69) is 15.5 Å². The van der Waals surface area contributed by atoms with Crippen LogP contribution in [0.15, 0.2) is 76.5 Å². The smallest absolute Gasteiger partial charge is 0.251 e. The van der Waals surface area contributed by atoms with E-state index in [1.165, 1.54) is 11.8 Å². The minimum absolute atomic E-state index is 0.120. The number of nitrogens with zero attached hydrogens (tertiary/aromatic N) is 3. The number of hydrogen-bond acceptors (Lipinski definition) is 7. The molecule has 1 amide bonds. The molecule has 2 aromatic heterocycles. The number of amides is 1. The lowest BCUT2D eigenvalue weighted by Gasteiger charge is -2.13. The summed E-state index contributed by atoms with van der Waals surface area (Å²) in [7, 11) is 3.24. The minimum atomic E-state index is -0.120. The van der Waals surface area contributed by atoms with Crippen molar-refractivity contribution in [3.8, 4) is 23.0 Å². The first-order valence-corrected chi connectivity index (χ1v) is 11.3. The number of rotatable bonds is 10. The summed E-state index contributed by atoms with van der Waals surface area (Å²) in [5.41, 5.74) is 2.49. The van der Waals surface area contributed by atoms with Crippen molar-refractivity contribution in [3.63, 3.8) is 0 Å². The van der Waals surface area contributed by atoms with Gasteiger partial charge in [0.25, 0.3) is 5.91 Å². The van der Waals surface area contributed by atoms with E-state index >= 15 is 0 Å². The molecule has 1 N–H and O–H groups in total. The predicted octanol–water partition coefficient (Wildman–Crippen LogP) is 4.20. The molecule has 0 aliphatic heterocycles. The molecule has 170 valence electrons. The number of aromatic nitrogens is 3. The number of thioether (sulfide) groups is 1. The maximum absolute atomic E-state index is 12.2. The monoisotopic (exact) mass is 464 g/mol. The first kappa shape index (κ1) is 22.6. The number of hydrogen-bond donors (Lipinski definition) is 1. The van der Waals surface area contributed by atoms with E-state index in [4.69, 9.17) is 13.9 Å². The Balaban J connectivity index is 1.55. The van der Waals surface area contributed by atoms with E-state index in [9.17, 15) is 4.79 Å². The van der Waals surface area contributed by atoms with Crippen molar-refractivity contribution < 1.29 is 18.7 Å². The van der Waals surface area contributed by atoms with Crippen molar-refractivity contribution in [2.75, 3.05) is 27.4 Å². The fourth-order valence-electron chi connectivity index (χ4n) is 3.23. The Labute approximate surface area is 195 Å². The number of ether oxygens (including phenoxy) is 2. The van der Waals surface area contributed by atoms with Gasteiger partial charge in [0.15, 0.2) is 10.9 Å². The Morgan fingerprint density at radius 2 is 1.88 bits per heavy atom. The van der Waals surface area contributed by atoms with Gasteiger partial charge in [-0.1, -0.05) is 36.0 Å². The molecule has 0 spiro atoms. The third-order valence-electron chi connectivity index (χ3n) is 4.88. The van der Waals surface area contributed by atoms with Gasteiger partial charge in [0.2, 0.25) is 5.82 Å². The Hall–Kier alpha value is -3.56. The van der Waals surface area contributed by atoms with Gasteiger partial charge in [0, 0.05) is 25.0 Å². The lowest BCUT2D eigenvalue weighted by atomic mass is 10.1. The fraction of sp³-hybridized carbons (Fsp3) is 0.208. The molecule has 0 aliphatic carbocycles.